The van der Waals surface area contributed by atoms with E-state index in [1.54, 1.807) is 26.2 Å². The van der Waals surface area contributed by atoms with E-state index in [-0.39, 0.29) is 19.4 Å². The molecule has 1 aromatic rings. The van der Waals surface area contributed by atoms with Crippen LogP contribution < -0.4 is 4.74 Å². The van der Waals surface area contributed by atoms with Crippen LogP contribution in [0.5, 0.6) is 5.75 Å². The van der Waals surface area contributed by atoms with Gasteiger partial charge in [-0.2, -0.15) is 0 Å². The maximum Gasteiger partial charge on any atom is 0.308 e. The van der Waals surface area contributed by atoms with Gasteiger partial charge >= 0.3 is 5.97 Å². The van der Waals surface area contributed by atoms with Gasteiger partial charge < -0.3 is 24.4 Å². The number of ether oxygens (including phenoxy) is 3. The molecule has 0 heterocycles. The molecule has 0 fully saturated rings. The Labute approximate surface area is 149 Å². The fourth-order valence-electron chi connectivity index (χ4n) is 2.14. The second kappa shape index (κ2) is 10.9. The molecule has 0 saturated heterocycles. The topological polar surface area (TPSA) is 85.2 Å². The van der Waals surface area contributed by atoms with Crippen LogP contribution in [0.15, 0.2) is 36.4 Å². The number of aliphatic hydroxyl groups is 2. The standard InChI is InChI=1S/C19H28O6/c1-4-25-18(21)13-19(2,22)17(20)7-5-6-12-24-14-15-8-10-16(23-3)11-9-15/h5-6,8-11,17,20,22H,4,7,12-14H2,1-3H3/b6-5-/t17-,19?/m1/s1. The van der Waals surface area contributed by atoms with Crippen molar-refractivity contribution in [1.29, 1.82) is 0 Å². The van der Waals surface area contributed by atoms with Gasteiger partial charge in [0.2, 0.25) is 0 Å². The summed E-state index contributed by atoms with van der Waals surface area (Å²) in [5, 5.41) is 20.2. The highest BCUT2D eigenvalue weighted by molar-refractivity contribution is 5.70. The van der Waals surface area contributed by atoms with Crippen LogP contribution in [0, 0.1) is 0 Å². The summed E-state index contributed by atoms with van der Waals surface area (Å²) < 4.78 is 15.4. The number of hydrogen-bond acceptors (Lipinski definition) is 6. The lowest BCUT2D eigenvalue weighted by Gasteiger charge is -2.27. The van der Waals surface area contributed by atoms with Gasteiger partial charge in [-0.25, -0.2) is 0 Å². The van der Waals surface area contributed by atoms with E-state index in [2.05, 4.69) is 0 Å². The number of benzene rings is 1. The van der Waals surface area contributed by atoms with Gasteiger partial charge in [0.1, 0.15) is 5.75 Å². The molecule has 0 amide bonds. The molecule has 2 N–H and O–H groups in total. The third kappa shape index (κ3) is 8.16. The number of rotatable bonds is 11. The van der Waals surface area contributed by atoms with Crippen molar-refractivity contribution >= 4 is 5.97 Å². The first-order valence-electron chi connectivity index (χ1n) is 8.30. The largest absolute Gasteiger partial charge is 0.497 e. The van der Waals surface area contributed by atoms with E-state index in [1.165, 1.54) is 6.92 Å². The van der Waals surface area contributed by atoms with Crippen LogP contribution in [0.1, 0.15) is 32.3 Å². The lowest BCUT2D eigenvalue weighted by molar-refractivity contribution is -0.153. The highest BCUT2D eigenvalue weighted by Crippen LogP contribution is 2.19. The average molecular weight is 352 g/mol. The minimum absolute atomic E-state index is 0.221. The monoisotopic (exact) mass is 352 g/mol. The Bertz CT molecular complexity index is 535. The summed E-state index contributed by atoms with van der Waals surface area (Å²) in [7, 11) is 1.62. The highest BCUT2D eigenvalue weighted by atomic mass is 16.5. The van der Waals surface area contributed by atoms with Crippen LogP contribution in [-0.4, -0.2) is 48.2 Å². The Morgan fingerprint density at radius 2 is 1.96 bits per heavy atom. The van der Waals surface area contributed by atoms with Crippen LogP contribution in [-0.2, 0) is 20.9 Å². The maximum atomic E-state index is 11.4. The van der Waals surface area contributed by atoms with Crippen molar-refractivity contribution in [2.24, 2.45) is 0 Å². The molecule has 140 valence electrons. The van der Waals surface area contributed by atoms with Crippen LogP contribution in [0.4, 0.5) is 0 Å². The third-order valence-electron chi connectivity index (χ3n) is 3.69. The molecule has 0 radical (unpaired) electrons. The van der Waals surface area contributed by atoms with Gasteiger partial charge in [0, 0.05) is 0 Å². The first-order valence-corrected chi connectivity index (χ1v) is 8.30. The second-order valence-corrected chi connectivity index (χ2v) is 5.93. The first kappa shape index (κ1) is 21.2. The van der Waals surface area contributed by atoms with Gasteiger partial charge in [-0.3, -0.25) is 4.79 Å². The Hall–Kier alpha value is -1.89. The lowest BCUT2D eigenvalue weighted by Crippen LogP contribution is -2.41. The third-order valence-corrected chi connectivity index (χ3v) is 3.69. The SMILES string of the molecule is CCOC(=O)CC(C)(O)[C@H](O)C/C=C\COCc1ccc(OC)cc1. The summed E-state index contributed by atoms with van der Waals surface area (Å²) in [6.07, 6.45) is 2.41. The Balaban J connectivity index is 2.28. The van der Waals surface area contributed by atoms with Crippen LogP contribution >= 0.6 is 0 Å². The molecule has 1 aromatic carbocycles. The molecule has 0 aliphatic carbocycles. The highest BCUT2D eigenvalue weighted by Gasteiger charge is 2.32. The molecule has 1 rings (SSSR count). The second-order valence-electron chi connectivity index (χ2n) is 5.93. The van der Waals surface area contributed by atoms with Gasteiger partial charge in [-0.1, -0.05) is 24.3 Å². The van der Waals surface area contributed by atoms with E-state index in [0.717, 1.165) is 11.3 Å². The van der Waals surface area contributed by atoms with E-state index in [0.29, 0.717) is 13.2 Å². The zero-order chi connectivity index (χ0) is 18.7. The summed E-state index contributed by atoms with van der Waals surface area (Å²) in [5.41, 5.74) is -0.493. The van der Waals surface area contributed by atoms with Crippen LogP contribution in [0.25, 0.3) is 0 Å². The van der Waals surface area contributed by atoms with Crippen molar-refractivity contribution in [3.63, 3.8) is 0 Å². The van der Waals surface area contributed by atoms with E-state index in [9.17, 15) is 15.0 Å². The Kier molecular flexibility index (Phi) is 9.20. The van der Waals surface area contributed by atoms with Crippen molar-refractivity contribution in [2.45, 2.75) is 45.0 Å². The number of aliphatic hydroxyl groups excluding tert-OH is 1. The van der Waals surface area contributed by atoms with Gasteiger partial charge in [0.05, 0.1) is 45.1 Å². The average Bonchev–Trinajstić information content (AvgIpc) is 2.58. The summed E-state index contributed by atoms with van der Waals surface area (Å²) in [5.74, 6) is 0.269. The van der Waals surface area contributed by atoms with Crippen molar-refractivity contribution in [2.75, 3.05) is 20.3 Å². The molecular formula is C19H28O6. The first-order chi connectivity index (χ1) is 11.9. The smallest absolute Gasteiger partial charge is 0.308 e. The fourth-order valence-corrected chi connectivity index (χ4v) is 2.14. The Morgan fingerprint density at radius 1 is 1.28 bits per heavy atom. The number of methoxy groups -OCH3 is 1. The van der Waals surface area contributed by atoms with Gasteiger partial charge in [0.15, 0.2) is 0 Å². The van der Waals surface area contributed by atoms with Crippen molar-refractivity contribution in [3.8, 4) is 5.75 Å². The molecule has 0 aliphatic rings. The van der Waals surface area contributed by atoms with E-state index in [4.69, 9.17) is 14.2 Å². The van der Waals surface area contributed by atoms with Gasteiger partial charge in [0.25, 0.3) is 0 Å². The molecule has 1 unspecified atom stereocenters. The molecule has 0 aliphatic heterocycles. The van der Waals surface area contributed by atoms with Crippen LogP contribution in [0.2, 0.25) is 0 Å². The minimum atomic E-state index is -1.53. The summed E-state index contributed by atoms with van der Waals surface area (Å²) in [6, 6.07) is 7.60. The maximum absolute atomic E-state index is 11.4. The molecule has 0 aromatic heterocycles. The quantitative estimate of drug-likeness (QED) is 0.361. The van der Waals surface area contributed by atoms with Crippen molar-refractivity contribution < 1.29 is 29.2 Å². The fraction of sp³-hybridized carbons (Fsp3) is 0.526. The van der Waals surface area contributed by atoms with Crippen molar-refractivity contribution in [3.05, 3.63) is 42.0 Å². The number of esters is 1. The Morgan fingerprint density at radius 3 is 2.56 bits per heavy atom. The predicted molar refractivity (Wildman–Crippen MR) is 94.3 cm³/mol. The van der Waals surface area contributed by atoms with E-state index < -0.39 is 17.7 Å². The normalized spacial score (nSPS) is 14.9. The molecule has 6 nitrogen and oxygen atoms in total. The molecule has 0 spiro atoms. The van der Waals surface area contributed by atoms with Crippen LogP contribution in [0.3, 0.4) is 0 Å². The van der Waals surface area contributed by atoms with E-state index >= 15 is 0 Å². The molecule has 0 bridgehead atoms. The number of carbonyl (C=O) groups excluding carboxylic acids is 1. The number of hydrogen-bond donors (Lipinski definition) is 2. The zero-order valence-electron chi connectivity index (χ0n) is 15.1. The minimum Gasteiger partial charge on any atom is -0.497 e. The zero-order valence-corrected chi connectivity index (χ0v) is 15.1. The van der Waals surface area contributed by atoms with Gasteiger partial charge in [-0.05, 0) is 38.0 Å². The van der Waals surface area contributed by atoms with E-state index in [1.807, 2.05) is 24.3 Å². The molecule has 6 heteroatoms. The number of carbonyl (C=O) groups is 1. The molecule has 0 saturated carbocycles. The molecule has 25 heavy (non-hydrogen) atoms. The molecule has 2 atom stereocenters. The summed E-state index contributed by atoms with van der Waals surface area (Å²) in [6.45, 7) is 4.22. The molecular weight excluding hydrogens is 324 g/mol. The van der Waals surface area contributed by atoms with Crippen molar-refractivity contribution in [1.82, 2.24) is 0 Å². The van der Waals surface area contributed by atoms with Gasteiger partial charge in [-0.15, -0.1) is 0 Å². The summed E-state index contributed by atoms with van der Waals surface area (Å²) >= 11 is 0. The predicted octanol–water partition coefficient (Wildman–Crippen LogP) is 2.22. The lowest BCUT2D eigenvalue weighted by atomic mass is 9.93. The summed E-state index contributed by atoms with van der Waals surface area (Å²) in [4.78, 5) is 11.4.